The van der Waals surface area contributed by atoms with Gasteiger partial charge in [-0.25, -0.2) is 0 Å². The van der Waals surface area contributed by atoms with Gasteiger partial charge < -0.3 is 15.1 Å². The Kier molecular flexibility index (Phi) is 7.63. The Morgan fingerprint density at radius 3 is 2.54 bits per heavy atom. The first-order valence-electron chi connectivity index (χ1n) is 8.67. The third-order valence-corrected chi connectivity index (χ3v) is 5.24. The Bertz CT molecular complexity index is 759. The van der Waals surface area contributed by atoms with Gasteiger partial charge in [0.2, 0.25) is 0 Å². The second-order valence-corrected chi connectivity index (χ2v) is 7.92. The predicted molar refractivity (Wildman–Crippen MR) is 107 cm³/mol. The van der Waals surface area contributed by atoms with E-state index in [0.29, 0.717) is 30.9 Å². The second kappa shape index (κ2) is 9.71. The number of halogens is 1. The minimum atomic E-state index is -0.0856. The van der Waals surface area contributed by atoms with Gasteiger partial charge in [0.1, 0.15) is 6.54 Å². The van der Waals surface area contributed by atoms with Gasteiger partial charge in [-0.2, -0.15) is 0 Å². The van der Waals surface area contributed by atoms with E-state index in [4.69, 9.17) is 11.6 Å². The molecule has 2 rings (SSSR count). The third-order valence-electron chi connectivity index (χ3n) is 4.01. The van der Waals surface area contributed by atoms with E-state index in [1.165, 1.54) is 11.3 Å². The van der Waals surface area contributed by atoms with Gasteiger partial charge in [0.05, 0.1) is 16.3 Å². The lowest BCUT2D eigenvalue weighted by atomic mass is 10.1. The molecule has 1 aromatic carbocycles. The summed E-state index contributed by atoms with van der Waals surface area (Å²) in [6, 6.07) is 10.9. The van der Waals surface area contributed by atoms with E-state index in [1.807, 2.05) is 33.0 Å². The van der Waals surface area contributed by atoms with Gasteiger partial charge in [-0.1, -0.05) is 17.7 Å². The molecule has 0 saturated heterocycles. The lowest BCUT2D eigenvalue weighted by Gasteiger charge is -2.19. The van der Waals surface area contributed by atoms with Crippen molar-refractivity contribution in [3.05, 3.63) is 51.2 Å². The first-order chi connectivity index (χ1) is 12.4. The molecule has 26 heavy (non-hydrogen) atoms. The van der Waals surface area contributed by atoms with Crippen LogP contribution in [0.2, 0.25) is 4.34 Å². The number of nitrogens with zero attached hydrogens (tertiary/aromatic N) is 1. The van der Waals surface area contributed by atoms with Crippen LogP contribution in [0.25, 0.3) is 0 Å². The fourth-order valence-corrected chi connectivity index (χ4v) is 3.91. The zero-order valence-corrected chi connectivity index (χ0v) is 16.9. The second-order valence-electron chi connectivity index (χ2n) is 6.12. The summed E-state index contributed by atoms with van der Waals surface area (Å²) in [6.45, 7) is 6.30. The average molecular weight is 395 g/mol. The molecule has 0 spiro atoms. The minimum absolute atomic E-state index is 0.0246. The summed E-state index contributed by atoms with van der Waals surface area (Å²) < 4.78 is 0.756. The Labute approximate surface area is 163 Å². The summed E-state index contributed by atoms with van der Waals surface area (Å²) in [7, 11) is 1.97. The van der Waals surface area contributed by atoms with Crippen LogP contribution in [-0.4, -0.2) is 43.4 Å². The fraction of sp³-hybridized carbons (Fsp3) is 0.368. The van der Waals surface area contributed by atoms with Gasteiger partial charge in [-0.3, -0.25) is 9.59 Å². The number of carbonyl (C=O) groups excluding carboxylic acids is 2. The van der Waals surface area contributed by atoms with Crippen molar-refractivity contribution in [3.8, 4) is 0 Å². The van der Waals surface area contributed by atoms with Crippen LogP contribution < -0.4 is 10.2 Å². The molecule has 0 aliphatic rings. The summed E-state index contributed by atoms with van der Waals surface area (Å²) in [5, 5.41) is 2.88. The Morgan fingerprint density at radius 1 is 1.19 bits per heavy atom. The number of benzene rings is 1. The molecule has 2 N–H and O–H groups in total. The first-order valence-corrected chi connectivity index (χ1v) is 9.87. The lowest BCUT2D eigenvalue weighted by Crippen LogP contribution is -3.08. The Morgan fingerprint density at radius 2 is 1.92 bits per heavy atom. The molecule has 2 amide bonds. The van der Waals surface area contributed by atoms with Gasteiger partial charge in [-0.15, -0.1) is 11.3 Å². The summed E-state index contributed by atoms with van der Waals surface area (Å²) in [6.07, 6.45) is 0. The number of carbonyl (C=O) groups is 2. The Balaban J connectivity index is 1.94. The van der Waals surface area contributed by atoms with E-state index in [9.17, 15) is 9.59 Å². The van der Waals surface area contributed by atoms with Crippen LogP contribution in [0.15, 0.2) is 36.4 Å². The van der Waals surface area contributed by atoms with Gasteiger partial charge in [0.15, 0.2) is 6.54 Å². The monoisotopic (exact) mass is 394 g/mol. The maximum atomic E-state index is 12.4. The van der Waals surface area contributed by atoms with Crippen LogP contribution in [0.1, 0.15) is 29.1 Å². The number of nitrogens with one attached hydrogen (secondary N) is 2. The van der Waals surface area contributed by atoms with E-state index in [2.05, 4.69) is 5.32 Å². The smallest absolute Gasteiger partial charge is 0.279 e. The van der Waals surface area contributed by atoms with Gasteiger partial charge in [-0.05, 0) is 44.2 Å². The molecule has 5 nitrogen and oxygen atoms in total. The maximum Gasteiger partial charge on any atom is 0.279 e. The summed E-state index contributed by atoms with van der Waals surface area (Å²) in [4.78, 5) is 28.7. The van der Waals surface area contributed by atoms with Crippen LogP contribution >= 0.6 is 22.9 Å². The fourth-order valence-electron chi connectivity index (χ4n) is 2.71. The molecule has 2 aromatic rings. The third kappa shape index (κ3) is 5.83. The van der Waals surface area contributed by atoms with Crippen LogP contribution in [0, 0.1) is 0 Å². The van der Waals surface area contributed by atoms with Crippen molar-refractivity contribution in [2.75, 3.05) is 32.0 Å². The highest BCUT2D eigenvalue weighted by Gasteiger charge is 2.15. The number of likely N-dealkylation sites (N-methyl/N-ethyl adjacent to an activating group) is 1. The van der Waals surface area contributed by atoms with Crippen molar-refractivity contribution in [1.29, 1.82) is 0 Å². The van der Waals surface area contributed by atoms with E-state index >= 15 is 0 Å². The lowest BCUT2D eigenvalue weighted by molar-refractivity contribution is -0.884. The molecule has 0 saturated carbocycles. The van der Waals surface area contributed by atoms with Crippen molar-refractivity contribution in [2.24, 2.45) is 0 Å². The van der Waals surface area contributed by atoms with Crippen LogP contribution in [-0.2, 0) is 11.3 Å². The van der Waals surface area contributed by atoms with Crippen LogP contribution in [0.4, 0.5) is 5.69 Å². The SMILES string of the molecule is CCN(CC)C(=O)c1cccc(NC(=O)C[NH+](C)Cc2ccc(Cl)s2)c1. The largest absolute Gasteiger partial charge is 0.339 e. The number of hydrogen-bond acceptors (Lipinski definition) is 3. The van der Waals surface area contributed by atoms with Gasteiger partial charge >= 0.3 is 0 Å². The van der Waals surface area contributed by atoms with Crippen molar-refractivity contribution in [3.63, 3.8) is 0 Å². The highest BCUT2D eigenvalue weighted by Crippen LogP contribution is 2.20. The quantitative estimate of drug-likeness (QED) is 0.722. The Hall–Kier alpha value is -1.89. The minimum Gasteiger partial charge on any atom is -0.339 e. The molecule has 140 valence electrons. The van der Waals surface area contributed by atoms with Crippen LogP contribution in [0.3, 0.4) is 0 Å². The number of quaternary nitrogens is 1. The number of rotatable bonds is 8. The molecule has 0 aliphatic carbocycles. The molecular weight excluding hydrogens is 370 g/mol. The van der Waals surface area contributed by atoms with E-state index in [1.54, 1.807) is 29.2 Å². The van der Waals surface area contributed by atoms with Crippen molar-refractivity contribution in [2.45, 2.75) is 20.4 Å². The first kappa shape index (κ1) is 20.4. The zero-order chi connectivity index (χ0) is 19.1. The summed E-state index contributed by atoms with van der Waals surface area (Å²) in [5.41, 5.74) is 1.22. The van der Waals surface area contributed by atoms with E-state index < -0.39 is 0 Å². The molecule has 0 bridgehead atoms. The topological polar surface area (TPSA) is 53.9 Å². The molecule has 1 aromatic heterocycles. The summed E-state index contributed by atoms with van der Waals surface area (Å²) >= 11 is 7.47. The molecule has 1 atom stereocenters. The number of amides is 2. The van der Waals surface area contributed by atoms with Crippen molar-refractivity contribution in [1.82, 2.24) is 4.90 Å². The zero-order valence-electron chi connectivity index (χ0n) is 15.3. The predicted octanol–water partition coefficient (Wildman–Crippen LogP) is 2.54. The normalized spacial score (nSPS) is 11.8. The molecule has 0 aliphatic heterocycles. The molecular formula is C19H25ClN3O2S+. The number of anilines is 1. The average Bonchev–Trinajstić information content (AvgIpc) is 3.00. The van der Waals surface area contributed by atoms with Crippen molar-refractivity contribution >= 4 is 40.4 Å². The van der Waals surface area contributed by atoms with E-state index in [-0.39, 0.29) is 11.8 Å². The van der Waals surface area contributed by atoms with Gasteiger partial charge in [0.25, 0.3) is 11.8 Å². The molecule has 0 radical (unpaired) electrons. The number of hydrogen-bond donors (Lipinski definition) is 2. The van der Waals surface area contributed by atoms with Crippen LogP contribution in [0.5, 0.6) is 0 Å². The van der Waals surface area contributed by atoms with Gasteiger partial charge in [0, 0.05) is 24.3 Å². The highest BCUT2D eigenvalue weighted by atomic mass is 35.5. The standard InChI is InChI=1S/C19H24ClN3O2S/c1-4-23(5-2)19(25)14-7-6-8-15(11-14)21-18(24)13-22(3)12-16-9-10-17(20)26-16/h6-11H,4-5,12-13H2,1-3H3,(H,21,24)/p+1. The molecule has 7 heteroatoms. The number of thiophene rings is 1. The molecule has 1 heterocycles. The molecule has 1 unspecified atom stereocenters. The maximum absolute atomic E-state index is 12.4. The highest BCUT2D eigenvalue weighted by molar-refractivity contribution is 7.16. The molecule has 0 fully saturated rings. The van der Waals surface area contributed by atoms with E-state index in [0.717, 1.165) is 20.7 Å². The van der Waals surface area contributed by atoms with Crippen molar-refractivity contribution < 1.29 is 14.5 Å². The summed E-state index contributed by atoms with van der Waals surface area (Å²) in [5.74, 6) is -0.110.